The highest BCUT2D eigenvalue weighted by molar-refractivity contribution is 7.92. The predicted molar refractivity (Wildman–Crippen MR) is 152 cm³/mol. The first-order chi connectivity index (χ1) is 18.1. The smallest absolute Gasteiger partial charge is 0.264 e. The number of amides is 2. The molecule has 3 aromatic carbocycles. The molecule has 1 atom stereocenters. The fourth-order valence-electron chi connectivity index (χ4n) is 3.89. The summed E-state index contributed by atoms with van der Waals surface area (Å²) >= 11 is 18.2. The van der Waals surface area contributed by atoms with Crippen molar-refractivity contribution in [3.63, 3.8) is 0 Å². The van der Waals surface area contributed by atoms with Gasteiger partial charge in [-0.2, -0.15) is 0 Å². The number of carbonyl (C=O) groups is 2. The summed E-state index contributed by atoms with van der Waals surface area (Å²) < 4.78 is 28.5. The molecule has 0 bridgehead atoms. The first kappa shape index (κ1) is 29.8. The summed E-state index contributed by atoms with van der Waals surface area (Å²) in [5, 5.41) is 3.97. The standard InChI is InChI=1S/C27H28Cl3N3O4S/c1-3-25(27(35)31-4-2)32(17-19-8-10-20(28)11-9-19)26(34)18-33(23-7-5-6-22(30)16-23)38(36,37)24-14-12-21(29)13-15-24/h5-16,25H,3-4,17-18H2,1-2H3,(H,31,35)/t25-/m1/s1. The van der Waals surface area contributed by atoms with Gasteiger partial charge in [-0.15, -0.1) is 0 Å². The van der Waals surface area contributed by atoms with Crippen LogP contribution < -0.4 is 9.62 Å². The van der Waals surface area contributed by atoms with Crippen LogP contribution in [0.15, 0.2) is 77.7 Å². The van der Waals surface area contributed by atoms with Crippen LogP contribution >= 0.6 is 34.8 Å². The monoisotopic (exact) mass is 595 g/mol. The van der Waals surface area contributed by atoms with Crippen LogP contribution in [0.1, 0.15) is 25.8 Å². The van der Waals surface area contributed by atoms with Gasteiger partial charge in [0.05, 0.1) is 10.6 Å². The van der Waals surface area contributed by atoms with Crippen molar-refractivity contribution < 1.29 is 18.0 Å². The molecular formula is C27H28Cl3N3O4S. The number of carbonyl (C=O) groups excluding carboxylic acids is 2. The first-order valence-corrected chi connectivity index (χ1v) is 14.5. The summed E-state index contributed by atoms with van der Waals surface area (Å²) in [6.07, 6.45) is 0.326. The minimum absolute atomic E-state index is 0.0466. The maximum atomic E-state index is 13.9. The van der Waals surface area contributed by atoms with Gasteiger partial charge in [-0.25, -0.2) is 8.42 Å². The molecular weight excluding hydrogens is 569 g/mol. The van der Waals surface area contributed by atoms with E-state index in [2.05, 4.69) is 5.32 Å². The molecule has 7 nitrogen and oxygen atoms in total. The highest BCUT2D eigenvalue weighted by atomic mass is 35.5. The number of rotatable bonds is 11. The van der Waals surface area contributed by atoms with Crippen LogP contribution in [0.25, 0.3) is 0 Å². The fraction of sp³-hybridized carbons (Fsp3) is 0.259. The van der Waals surface area contributed by atoms with Crippen LogP contribution in [-0.2, 0) is 26.2 Å². The van der Waals surface area contributed by atoms with Crippen LogP contribution in [0.2, 0.25) is 15.1 Å². The van der Waals surface area contributed by atoms with Crippen molar-refractivity contribution in [3.05, 3.63) is 93.4 Å². The van der Waals surface area contributed by atoms with Crippen molar-refractivity contribution in [3.8, 4) is 0 Å². The van der Waals surface area contributed by atoms with Crippen LogP contribution in [0, 0.1) is 0 Å². The number of hydrogen-bond donors (Lipinski definition) is 1. The number of likely N-dealkylation sites (N-methyl/N-ethyl adjacent to an activating group) is 1. The molecule has 0 unspecified atom stereocenters. The van der Waals surface area contributed by atoms with Crippen LogP contribution in [-0.4, -0.2) is 44.3 Å². The van der Waals surface area contributed by atoms with E-state index in [0.29, 0.717) is 28.0 Å². The molecule has 3 rings (SSSR count). The van der Waals surface area contributed by atoms with E-state index in [1.807, 2.05) is 0 Å². The van der Waals surface area contributed by atoms with Gasteiger partial charge in [0.2, 0.25) is 11.8 Å². The predicted octanol–water partition coefficient (Wildman–Crippen LogP) is 5.79. The lowest BCUT2D eigenvalue weighted by Crippen LogP contribution is -2.52. The Hall–Kier alpha value is -2.78. The largest absolute Gasteiger partial charge is 0.355 e. The van der Waals surface area contributed by atoms with Crippen molar-refractivity contribution in [1.29, 1.82) is 0 Å². The van der Waals surface area contributed by atoms with Gasteiger partial charge in [0.1, 0.15) is 12.6 Å². The van der Waals surface area contributed by atoms with E-state index in [1.54, 1.807) is 56.3 Å². The number of halogens is 3. The van der Waals surface area contributed by atoms with E-state index in [0.717, 1.165) is 9.87 Å². The van der Waals surface area contributed by atoms with Gasteiger partial charge in [0.25, 0.3) is 10.0 Å². The van der Waals surface area contributed by atoms with E-state index in [9.17, 15) is 18.0 Å². The zero-order valence-electron chi connectivity index (χ0n) is 20.9. The lowest BCUT2D eigenvalue weighted by Gasteiger charge is -2.33. The third-order valence-corrected chi connectivity index (χ3v) is 8.31. The quantitative estimate of drug-likeness (QED) is 0.304. The summed E-state index contributed by atoms with van der Waals surface area (Å²) in [6.45, 7) is 3.49. The second-order valence-corrected chi connectivity index (χ2v) is 11.6. The number of anilines is 1. The Morgan fingerprint density at radius 3 is 2.03 bits per heavy atom. The second-order valence-electron chi connectivity index (χ2n) is 8.41. The number of benzene rings is 3. The van der Waals surface area contributed by atoms with Crippen molar-refractivity contribution in [1.82, 2.24) is 10.2 Å². The SMILES string of the molecule is CCNC(=O)[C@@H](CC)N(Cc1ccc(Cl)cc1)C(=O)CN(c1cccc(Cl)c1)S(=O)(=O)c1ccc(Cl)cc1. The lowest BCUT2D eigenvalue weighted by atomic mass is 10.1. The topological polar surface area (TPSA) is 86.8 Å². The molecule has 0 radical (unpaired) electrons. The molecule has 38 heavy (non-hydrogen) atoms. The first-order valence-electron chi connectivity index (χ1n) is 11.9. The van der Waals surface area contributed by atoms with Crippen molar-refractivity contribution in [2.75, 3.05) is 17.4 Å². The Bertz CT molecular complexity index is 1370. The van der Waals surface area contributed by atoms with Crippen molar-refractivity contribution >= 4 is 62.3 Å². The molecule has 0 saturated carbocycles. The molecule has 3 aromatic rings. The summed E-state index contributed by atoms with van der Waals surface area (Å²) in [5.74, 6) is -0.886. The Labute approximate surface area is 238 Å². The van der Waals surface area contributed by atoms with E-state index >= 15 is 0 Å². The summed E-state index contributed by atoms with van der Waals surface area (Å²) in [7, 11) is -4.21. The summed E-state index contributed by atoms with van der Waals surface area (Å²) in [6, 6.07) is 18.0. The molecule has 2 amide bonds. The molecule has 11 heteroatoms. The van der Waals surface area contributed by atoms with Gasteiger partial charge in [-0.3, -0.25) is 13.9 Å². The maximum absolute atomic E-state index is 13.9. The average Bonchev–Trinajstić information content (AvgIpc) is 2.88. The molecule has 0 aliphatic rings. The highest BCUT2D eigenvalue weighted by Gasteiger charge is 2.33. The van der Waals surface area contributed by atoms with Gasteiger partial charge in [0, 0.05) is 28.2 Å². The number of nitrogens with zero attached hydrogens (tertiary/aromatic N) is 2. The summed E-state index contributed by atoms with van der Waals surface area (Å²) in [4.78, 5) is 28.2. The number of nitrogens with one attached hydrogen (secondary N) is 1. The van der Waals surface area contributed by atoms with Gasteiger partial charge >= 0.3 is 0 Å². The third kappa shape index (κ3) is 7.41. The fourth-order valence-corrected chi connectivity index (χ4v) is 5.73. The van der Waals surface area contributed by atoms with E-state index in [4.69, 9.17) is 34.8 Å². The van der Waals surface area contributed by atoms with Gasteiger partial charge in [0.15, 0.2) is 0 Å². The molecule has 0 aliphatic carbocycles. The van der Waals surface area contributed by atoms with Crippen LogP contribution in [0.3, 0.4) is 0 Å². The van der Waals surface area contributed by atoms with Crippen molar-refractivity contribution in [2.24, 2.45) is 0 Å². The molecule has 0 aromatic heterocycles. The Balaban J connectivity index is 2.05. The zero-order chi connectivity index (χ0) is 27.9. The summed E-state index contributed by atoms with van der Waals surface area (Å²) in [5.41, 5.74) is 0.943. The molecule has 0 fully saturated rings. The van der Waals surface area contributed by atoms with Crippen LogP contribution in [0.4, 0.5) is 5.69 Å². The van der Waals surface area contributed by atoms with E-state index in [-0.39, 0.29) is 23.0 Å². The Morgan fingerprint density at radius 2 is 1.47 bits per heavy atom. The highest BCUT2D eigenvalue weighted by Crippen LogP contribution is 2.27. The van der Waals surface area contributed by atoms with E-state index < -0.39 is 28.5 Å². The average molecular weight is 597 g/mol. The molecule has 0 spiro atoms. The van der Waals surface area contributed by atoms with Gasteiger partial charge in [-0.05, 0) is 73.5 Å². The van der Waals surface area contributed by atoms with Crippen LogP contribution in [0.5, 0.6) is 0 Å². The zero-order valence-corrected chi connectivity index (χ0v) is 24.0. The number of hydrogen-bond acceptors (Lipinski definition) is 4. The van der Waals surface area contributed by atoms with Gasteiger partial charge < -0.3 is 10.2 Å². The Kier molecular flexibility index (Phi) is 10.4. The normalized spacial score (nSPS) is 12.0. The maximum Gasteiger partial charge on any atom is 0.264 e. The second kappa shape index (κ2) is 13.3. The molecule has 0 heterocycles. The number of sulfonamides is 1. The minimum atomic E-state index is -4.21. The van der Waals surface area contributed by atoms with E-state index in [1.165, 1.54) is 35.2 Å². The molecule has 202 valence electrons. The minimum Gasteiger partial charge on any atom is -0.355 e. The molecule has 1 N–H and O–H groups in total. The third-order valence-electron chi connectivity index (χ3n) is 5.78. The molecule has 0 aliphatic heterocycles. The van der Waals surface area contributed by atoms with Crippen molar-refractivity contribution in [2.45, 2.75) is 37.8 Å². The molecule has 0 saturated heterocycles. The van der Waals surface area contributed by atoms with Gasteiger partial charge in [-0.1, -0.05) is 59.9 Å². The Morgan fingerprint density at radius 1 is 0.868 bits per heavy atom. The lowest BCUT2D eigenvalue weighted by molar-refractivity contribution is -0.140.